The largest absolute Gasteiger partial charge is 0.467 e. The third-order valence-electron chi connectivity index (χ3n) is 5.17. The van der Waals surface area contributed by atoms with Gasteiger partial charge in [-0.1, -0.05) is 32.0 Å². The smallest absolute Gasteiger partial charge is 0.329 e. The van der Waals surface area contributed by atoms with Gasteiger partial charge in [0.25, 0.3) is 5.91 Å². The molecule has 1 aliphatic rings. The molecule has 0 bridgehead atoms. The van der Waals surface area contributed by atoms with Crippen LogP contribution in [0.2, 0.25) is 0 Å². The van der Waals surface area contributed by atoms with Crippen molar-refractivity contribution in [1.82, 2.24) is 4.31 Å². The summed E-state index contributed by atoms with van der Waals surface area (Å²) in [5.74, 6) is -2.13. The Bertz CT molecular complexity index is 1080. The van der Waals surface area contributed by atoms with Gasteiger partial charge in [0.1, 0.15) is 16.8 Å². The van der Waals surface area contributed by atoms with Crippen molar-refractivity contribution in [1.29, 1.82) is 0 Å². The first-order valence-electron chi connectivity index (χ1n) is 9.55. The van der Waals surface area contributed by atoms with Crippen molar-refractivity contribution < 1.29 is 27.1 Å². The van der Waals surface area contributed by atoms with Crippen LogP contribution < -0.4 is 4.90 Å². The Morgan fingerprint density at radius 2 is 1.83 bits per heavy atom. The molecule has 1 unspecified atom stereocenters. The lowest BCUT2D eigenvalue weighted by Crippen LogP contribution is -2.43. The zero-order valence-electron chi connectivity index (χ0n) is 17.0. The summed E-state index contributed by atoms with van der Waals surface area (Å²) in [5.41, 5.74) is 1.29. The van der Waals surface area contributed by atoms with E-state index in [2.05, 4.69) is 0 Å². The topological polar surface area (TPSA) is 84.0 Å². The van der Waals surface area contributed by atoms with Gasteiger partial charge in [0.2, 0.25) is 10.0 Å². The van der Waals surface area contributed by atoms with E-state index in [0.717, 1.165) is 22.0 Å². The minimum Gasteiger partial charge on any atom is -0.467 e. The van der Waals surface area contributed by atoms with Crippen molar-refractivity contribution in [3.63, 3.8) is 0 Å². The minimum absolute atomic E-state index is 0.0345. The van der Waals surface area contributed by atoms with Crippen LogP contribution in [0.4, 0.5) is 10.1 Å². The van der Waals surface area contributed by atoms with Gasteiger partial charge in [-0.25, -0.2) is 17.6 Å². The van der Waals surface area contributed by atoms with Crippen LogP contribution in [0.5, 0.6) is 0 Å². The first-order chi connectivity index (χ1) is 14.3. The van der Waals surface area contributed by atoms with Crippen LogP contribution in [0, 0.1) is 5.82 Å². The number of para-hydroxylation sites is 1. The molecule has 1 aliphatic heterocycles. The number of hydrogen-bond acceptors (Lipinski definition) is 5. The lowest BCUT2D eigenvalue weighted by molar-refractivity contribution is -0.141. The number of anilines is 1. The van der Waals surface area contributed by atoms with Crippen LogP contribution >= 0.6 is 0 Å². The first kappa shape index (κ1) is 21.9. The quantitative estimate of drug-likeness (QED) is 0.653. The van der Waals surface area contributed by atoms with Crippen molar-refractivity contribution in [2.75, 3.05) is 25.1 Å². The highest BCUT2D eigenvalue weighted by molar-refractivity contribution is 7.89. The molecule has 0 radical (unpaired) electrons. The zero-order valence-corrected chi connectivity index (χ0v) is 17.8. The fraction of sp³-hybridized carbons (Fsp3) is 0.333. The molecule has 2 aromatic carbocycles. The Balaban J connectivity index is 2.08. The van der Waals surface area contributed by atoms with Gasteiger partial charge in [-0.3, -0.25) is 9.69 Å². The molecule has 0 saturated carbocycles. The number of benzene rings is 2. The number of ether oxygens (including phenoxy) is 1. The second-order valence-corrected chi connectivity index (χ2v) is 8.69. The molecule has 0 saturated heterocycles. The van der Waals surface area contributed by atoms with Gasteiger partial charge in [0, 0.05) is 30.8 Å². The second-order valence-electron chi connectivity index (χ2n) is 6.78. The molecule has 3 rings (SSSR count). The lowest BCUT2D eigenvalue weighted by Gasteiger charge is -2.24. The summed E-state index contributed by atoms with van der Waals surface area (Å²) in [7, 11) is -2.87. The van der Waals surface area contributed by atoms with E-state index < -0.39 is 38.7 Å². The maximum absolute atomic E-state index is 14.4. The molecule has 1 atom stereocenters. The highest BCUT2D eigenvalue weighted by atomic mass is 32.2. The minimum atomic E-state index is -4.11. The number of rotatable bonds is 6. The zero-order chi connectivity index (χ0) is 22.1. The number of methoxy groups -OCH3 is 1. The van der Waals surface area contributed by atoms with Crippen molar-refractivity contribution >= 4 is 27.6 Å². The molecule has 0 aliphatic carbocycles. The number of sulfonamides is 1. The van der Waals surface area contributed by atoms with Crippen LogP contribution in [-0.4, -0.2) is 50.8 Å². The van der Waals surface area contributed by atoms with Crippen molar-refractivity contribution in [3.05, 3.63) is 59.4 Å². The van der Waals surface area contributed by atoms with Gasteiger partial charge < -0.3 is 4.74 Å². The number of nitrogens with zero attached hydrogens (tertiary/aromatic N) is 2. The number of amides is 1. The van der Waals surface area contributed by atoms with E-state index in [1.165, 1.54) is 18.1 Å². The molecule has 1 amide bonds. The van der Waals surface area contributed by atoms with Gasteiger partial charge in [-0.2, -0.15) is 4.31 Å². The fourth-order valence-corrected chi connectivity index (χ4v) is 5.19. The highest BCUT2D eigenvalue weighted by Gasteiger charge is 2.39. The molecule has 30 heavy (non-hydrogen) atoms. The van der Waals surface area contributed by atoms with Crippen LogP contribution in [0.1, 0.15) is 29.8 Å². The summed E-state index contributed by atoms with van der Waals surface area (Å²) in [6.45, 7) is 3.63. The summed E-state index contributed by atoms with van der Waals surface area (Å²) in [4.78, 5) is 26.3. The third kappa shape index (κ3) is 3.70. The van der Waals surface area contributed by atoms with E-state index >= 15 is 0 Å². The molecule has 0 aromatic heterocycles. The molecular weight excluding hydrogens is 411 g/mol. The Morgan fingerprint density at radius 1 is 1.17 bits per heavy atom. The van der Waals surface area contributed by atoms with E-state index in [1.54, 1.807) is 38.1 Å². The molecular formula is C21H23FN2O5S. The summed E-state index contributed by atoms with van der Waals surface area (Å²) in [6.07, 6.45) is 0.278. The molecule has 0 spiro atoms. The summed E-state index contributed by atoms with van der Waals surface area (Å²) in [6, 6.07) is 9.36. The summed E-state index contributed by atoms with van der Waals surface area (Å²) < 4.78 is 46.0. The SMILES string of the molecule is CCN(CC)S(=O)(=O)c1cc(C(=O)N2c3ccccc3CC2C(=O)OC)ccc1F. The Kier molecular flexibility index (Phi) is 6.23. The van der Waals surface area contributed by atoms with Crippen LogP contribution in [0.25, 0.3) is 0 Å². The molecule has 0 fully saturated rings. The normalized spacial score (nSPS) is 15.9. The summed E-state index contributed by atoms with van der Waals surface area (Å²) in [5, 5.41) is 0. The molecule has 7 nitrogen and oxygen atoms in total. The number of carbonyl (C=O) groups is 2. The number of fused-ring (bicyclic) bond motifs is 1. The number of halogens is 1. The second kappa shape index (κ2) is 8.53. The van der Waals surface area contributed by atoms with Gasteiger partial charge in [-0.15, -0.1) is 0 Å². The Labute approximate surface area is 175 Å². The maximum Gasteiger partial charge on any atom is 0.329 e. The fourth-order valence-electron chi connectivity index (χ4n) is 3.64. The number of carbonyl (C=O) groups excluding carboxylic acids is 2. The van der Waals surface area contributed by atoms with Gasteiger partial charge in [0.05, 0.1) is 7.11 Å². The molecule has 160 valence electrons. The standard InChI is InChI=1S/C21H23FN2O5S/c1-4-23(5-2)30(27,28)19-13-15(10-11-16(19)22)20(25)24-17-9-7-6-8-14(17)12-18(24)21(26)29-3/h6-11,13,18H,4-5,12H2,1-3H3. The molecule has 2 aromatic rings. The number of hydrogen-bond donors (Lipinski definition) is 0. The van der Waals surface area contributed by atoms with E-state index in [1.807, 2.05) is 0 Å². The highest BCUT2D eigenvalue weighted by Crippen LogP contribution is 2.34. The monoisotopic (exact) mass is 434 g/mol. The predicted molar refractivity (Wildman–Crippen MR) is 109 cm³/mol. The molecule has 1 heterocycles. The van der Waals surface area contributed by atoms with Crippen molar-refractivity contribution in [2.24, 2.45) is 0 Å². The first-order valence-corrected chi connectivity index (χ1v) is 11.0. The number of esters is 1. The lowest BCUT2D eigenvalue weighted by atomic mass is 10.1. The average molecular weight is 434 g/mol. The van der Waals surface area contributed by atoms with Crippen LogP contribution in [0.3, 0.4) is 0 Å². The van der Waals surface area contributed by atoms with Crippen LogP contribution in [-0.2, 0) is 26.0 Å². The van der Waals surface area contributed by atoms with Gasteiger partial charge in [-0.05, 0) is 29.8 Å². The van der Waals surface area contributed by atoms with Gasteiger partial charge in [0.15, 0.2) is 0 Å². The van der Waals surface area contributed by atoms with Crippen molar-refractivity contribution in [3.8, 4) is 0 Å². The van der Waals surface area contributed by atoms with E-state index in [9.17, 15) is 22.4 Å². The maximum atomic E-state index is 14.4. The molecule has 0 N–H and O–H groups in total. The Hall–Kier alpha value is -2.78. The van der Waals surface area contributed by atoms with E-state index in [4.69, 9.17) is 4.74 Å². The van der Waals surface area contributed by atoms with E-state index in [-0.39, 0.29) is 25.1 Å². The van der Waals surface area contributed by atoms with E-state index in [0.29, 0.717) is 5.69 Å². The summed E-state index contributed by atoms with van der Waals surface area (Å²) >= 11 is 0. The Morgan fingerprint density at radius 3 is 2.47 bits per heavy atom. The molecule has 9 heteroatoms. The third-order valence-corrected chi connectivity index (χ3v) is 7.23. The average Bonchev–Trinajstić information content (AvgIpc) is 3.13. The van der Waals surface area contributed by atoms with Crippen molar-refractivity contribution in [2.45, 2.75) is 31.2 Å². The van der Waals surface area contributed by atoms with Crippen LogP contribution in [0.15, 0.2) is 47.4 Å². The van der Waals surface area contributed by atoms with Gasteiger partial charge >= 0.3 is 5.97 Å². The predicted octanol–water partition coefficient (Wildman–Crippen LogP) is 2.60.